The van der Waals surface area contributed by atoms with Crippen molar-refractivity contribution in [2.24, 2.45) is 0 Å². The molecule has 0 amide bonds. The van der Waals surface area contributed by atoms with Crippen molar-refractivity contribution in [3.05, 3.63) is 83.8 Å². The van der Waals surface area contributed by atoms with Gasteiger partial charge in [0.1, 0.15) is 25.2 Å². The number of ether oxygens (including phenoxy) is 3. The van der Waals surface area contributed by atoms with Gasteiger partial charge in [-0.2, -0.15) is 0 Å². The summed E-state index contributed by atoms with van der Waals surface area (Å²) in [5.41, 5.74) is 3.82. The van der Waals surface area contributed by atoms with Crippen molar-refractivity contribution >= 4 is 18.8 Å². The van der Waals surface area contributed by atoms with Crippen LogP contribution in [0.3, 0.4) is 0 Å². The van der Waals surface area contributed by atoms with Crippen LogP contribution in [0.2, 0.25) is 0 Å². The predicted octanol–water partition coefficient (Wildman–Crippen LogP) is 4.59. The van der Waals surface area contributed by atoms with E-state index in [0.29, 0.717) is 34.2 Å². The number of fused-ring (bicyclic) bond motifs is 5. The number of methoxy groups -OCH3 is 1. The van der Waals surface area contributed by atoms with E-state index in [2.05, 4.69) is 11.8 Å². The molecule has 8 heteroatoms. The zero-order valence-electron chi connectivity index (χ0n) is 18.3. The Balaban J connectivity index is 1.64. The van der Waals surface area contributed by atoms with Gasteiger partial charge >= 0.3 is 6.97 Å². The highest BCUT2D eigenvalue weighted by Gasteiger charge is 2.51. The normalized spacial score (nSPS) is 17.1. The van der Waals surface area contributed by atoms with Gasteiger partial charge in [0.25, 0.3) is 0 Å². The zero-order chi connectivity index (χ0) is 23.3. The summed E-state index contributed by atoms with van der Waals surface area (Å²) in [5, 5.41) is 0. The van der Waals surface area contributed by atoms with Gasteiger partial charge in [0.15, 0.2) is 17.2 Å². The Morgan fingerprint density at radius 2 is 1.85 bits per heavy atom. The minimum Gasteiger partial charge on any atom is -0.493 e. The molecule has 0 radical (unpaired) electrons. The molecule has 0 spiro atoms. The number of nitrogens with zero attached hydrogens (tertiary/aromatic N) is 2. The lowest BCUT2D eigenvalue weighted by Gasteiger charge is -2.31. The SMILES string of the molecule is COc1cc(C2=C3C=CC=[N+]3[B-](F)(F)n3cccc32)cc2c1OCC#CCOc1ccccc1-2. The van der Waals surface area contributed by atoms with E-state index in [1.807, 2.05) is 36.4 Å². The van der Waals surface area contributed by atoms with Crippen LogP contribution in [0.4, 0.5) is 8.63 Å². The largest absolute Gasteiger partial charge is 0.737 e. The van der Waals surface area contributed by atoms with Gasteiger partial charge in [-0.3, -0.25) is 0 Å². The van der Waals surface area contributed by atoms with Gasteiger partial charge in [-0.25, -0.2) is 0 Å². The van der Waals surface area contributed by atoms with Crippen LogP contribution in [-0.4, -0.2) is 42.5 Å². The maximum atomic E-state index is 15.2. The van der Waals surface area contributed by atoms with E-state index in [9.17, 15) is 0 Å². The van der Waals surface area contributed by atoms with Crippen LogP contribution in [0.25, 0.3) is 16.7 Å². The number of aromatic nitrogens is 1. The fourth-order valence-corrected chi connectivity index (χ4v) is 4.70. The third kappa shape index (κ3) is 2.97. The maximum absolute atomic E-state index is 15.2. The molecule has 3 aliphatic heterocycles. The average molecular weight is 456 g/mol. The monoisotopic (exact) mass is 456 g/mol. The molecule has 0 atom stereocenters. The maximum Gasteiger partial charge on any atom is 0.737 e. The minimum absolute atomic E-state index is 0.172. The third-order valence-corrected chi connectivity index (χ3v) is 6.19. The van der Waals surface area contributed by atoms with Crippen molar-refractivity contribution in [1.82, 2.24) is 4.48 Å². The first-order chi connectivity index (χ1) is 16.6. The van der Waals surface area contributed by atoms with Crippen LogP contribution in [0.1, 0.15) is 11.3 Å². The Hall–Kier alpha value is -4.25. The fraction of sp³-hybridized carbons (Fsp3) is 0.115. The zero-order valence-corrected chi connectivity index (χ0v) is 18.3. The molecule has 5 nitrogen and oxygen atoms in total. The van der Waals surface area contributed by atoms with E-state index < -0.39 is 6.97 Å². The molecule has 168 valence electrons. The average Bonchev–Trinajstić information content (AvgIpc) is 3.53. The van der Waals surface area contributed by atoms with E-state index in [1.54, 1.807) is 31.4 Å². The Morgan fingerprint density at radius 3 is 2.71 bits per heavy atom. The Kier molecular flexibility index (Phi) is 4.59. The molecule has 4 heterocycles. The van der Waals surface area contributed by atoms with Gasteiger partial charge in [-0.15, -0.1) is 0 Å². The van der Waals surface area contributed by atoms with E-state index in [4.69, 9.17) is 14.2 Å². The second kappa shape index (κ2) is 7.67. The molecule has 0 bridgehead atoms. The summed E-state index contributed by atoms with van der Waals surface area (Å²) in [6, 6.07) is 14.7. The highest BCUT2D eigenvalue weighted by Crippen LogP contribution is 2.47. The summed E-state index contributed by atoms with van der Waals surface area (Å²) in [5.74, 6) is 7.53. The topological polar surface area (TPSA) is 35.6 Å². The lowest BCUT2D eigenvalue weighted by Crippen LogP contribution is -2.49. The summed E-state index contributed by atoms with van der Waals surface area (Å²) in [6.45, 7) is -3.57. The van der Waals surface area contributed by atoms with Crippen LogP contribution in [0.5, 0.6) is 17.2 Å². The Bertz CT molecular complexity index is 1490. The molecule has 3 aromatic rings. The first-order valence-corrected chi connectivity index (χ1v) is 10.9. The molecule has 0 saturated carbocycles. The smallest absolute Gasteiger partial charge is 0.493 e. The molecule has 34 heavy (non-hydrogen) atoms. The number of halogens is 2. The van der Waals surface area contributed by atoms with Crippen molar-refractivity contribution in [3.63, 3.8) is 0 Å². The summed E-state index contributed by atoms with van der Waals surface area (Å²) >= 11 is 0. The lowest BCUT2D eigenvalue weighted by atomic mass is 9.85. The van der Waals surface area contributed by atoms with E-state index in [1.165, 1.54) is 12.4 Å². The van der Waals surface area contributed by atoms with Crippen LogP contribution in [-0.2, 0) is 0 Å². The van der Waals surface area contributed by atoms with Gasteiger partial charge in [-0.1, -0.05) is 30.0 Å². The van der Waals surface area contributed by atoms with Gasteiger partial charge in [0.05, 0.1) is 12.7 Å². The van der Waals surface area contributed by atoms with Gasteiger partial charge in [0, 0.05) is 29.0 Å². The van der Waals surface area contributed by atoms with Gasteiger partial charge in [-0.05, 0) is 42.1 Å². The number of para-hydroxylation sites is 1. The van der Waals surface area contributed by atoms with E-state index in [-0.39, 0.29) is 13.2 Å². The number of allylic oxidation sites excluding steroid dienone is 2. The highest BCUT2D eigenvalue weighted by molar-refractivity contribution is 6.57. The minimum atomic E-state index is -3.98. The van der Waals surface area contributed by atoms with Gasteiger partial charge in [0.2, 0.25) is 0 Å². The predicted molar refractivity (Wildman–Crippen MR) is 126 cm³/mol. The van der Waals surface area contributed by atoms with Crippen molar-refractivity contribution in [2.45, 2.75) is 0 Å². The number of hydrogen-bond donors (Lipinski definition) is 0. The summed E-state index contributed by atoms with van der Waals surface area (Å²) in [4.78, 5) is 0. The van der Waals surface area contributed by atoms with Crippen molar-refractivity contribution < 1.29 is 27.3 Å². The summed E-state index contributed by atoms with van der Waals surface area (Å²) in [6.07, 6.45) is 6.19. The Labute approximate surface area is 195 Å². The number of rotatable bonds is 2. The second-order valence-electron chi connectivity index (χ2n) is 8.05. The molecule has 0 fully saturated rings. The summed E-state index contributed by atoms with van der Waals surface area (Å²) in [7, 11) is 1.56. The van der Waals surface area contributed by atoms with Crippen molar-refractivity contribution in [1.29, 1.82) is 0 Å². The molecule has 0 saturated heterocycles. The first-order valence-electron chi connectivity index (χ1n) is 10.9. The van der Waals surface area contributed by atoms with Crippen LogP contribution < -0.4 is 14.2 Å². The molecule has 2 aromatic carbocycles. The second-order valence-corrected chi connectivity index (χ2v) is 8.05. The number of hydrogen-bond acceptors (Lipinski definition) is 3. The molecule has 0 aliphatic carbocycles. The molecular weight excluding hydrogens is 437 g/mol. The van der Waals surface area contributed by atoms with Crippen molar-refractivity contribution in [3.8, 4) is 40.2 Å². The molecule has 0 N–H and O–H groups in total. The van der Waals surface area contributed by atoms with Crippen molar-refractivity contribution in [2.75, 3.05) is 20.3 Å². The standard InChI is InChI=1S/C26H19BF2N2O3/c1-32-24-17-18(25-21-9-6-12-30(21)27(28,29)31-13-7-10-22(25)31)16-20-19-8-2-3-11-23(19)33-14-4-5-15-34-26(20)24/h2-3,6-13,16-17H,14-15H2,1H3. The van der Waals surface area contributed by atoms with Crippen LogP contribution in [0.15, 0.2) is 72.6 Å². The molecule has 1 aromatic heterocycles. The van der Waals surface area contributed by atoms with Crippen LogP contribution in [0, 0.1) is 11.8 Å². The van der Waals surface area contributed by atoms with Gasteiger partial charge < -0.3 is 31.8 Å². The third-order valence-electron chi connectivity index (χ3n) is 6.19. The molecule has 6 rings (SSSR count). The van der Waals surface area contributed by atoms with E-state index >= 15 is 8.63 Å². The number of benzene rings is 2. The summed E-state index contributed by atoms with van der Waals surface area (Å²) < 4.78 is 50.3. The Morgan fingerprint density at radius 1 is 1.03 bits per heavy atom. The first kappa shape index (κ1) is 20.4. The molecule has 0 unspecified atom stereocenters. The molecular formula is C26H19BF2N2O3. The van der Waals surface area contributed by atoms with E-state index in [0.717, 1.165) is 25.7 Å². The fourth-order valence-electron chi connectivity index (χ4n) is 4.70. The lowest BCUT2D eigenvalue weighted by molar-refractivity contribution is -0.356. The molecule has 3 aliphatic rings. The van der Waals surface area contributed by atoms with Crippen LogP contribution >= 0.6 is 0 Å². The quantitative estimate of drug-likeness (QED) is 0.418. The highest BCUT2D eigenvalue weighted by atomic mass is 19.2.